The number of aliphatic hydroxyl groups is 2. The number of rotatable bonds is 8. The SMILES string of the molecule is C/C=C(/C)C(=O)O[C@H]1CC[N+]2([O-])CC=C(COC(=O)[C@@](O)([C@@H](C)OC)C(C)(C)O)[C@H]12. The number of carbonyl (C=O) groups excluding carboxylic acids is 2. The fourth-order valence-electron chi connectivity index (χ4n) is 4.04. The molecule has 9 nitrogen and oxygen atoms in total. The second-order valence-corrected chi connectivity index (χ2v) is 8.57. The minimum absolute atomic E-state index is 0.193. The number of nitrogens with zero attached hydrogens (tertiary/aromatic N) is 1. The third-order valence-corrected chi connectivity index (χ3v) is 6.26. The molecule has 2 rings (SSSR count). The molecule has 0 bridgehead atoms. The number of methoxy groups -OCH3 is 1. The van der Waals surface area contributed by atoms with Crippen LogP contribution in [-0.4, -0.2) is 83.1 Å². The summed E-state index contributed by atoms with van der Waals surface area (Å²) in [5.41, 5.74) is -3.16. The lowest BCUT2D eigenvalue weighted by molar-refractivity contribution is -0.877. The highest BCUT2D eigenvalue weighted by atomic mass is 16.6. The Labute approximate surface area is 177 Å². The van der Waals surface area contributed by atoms with Crippen molar-refractivity contribution in [2.45, 2.75) is 70.5 Å². The van der Waals surface area contributed by atoms with Crippen LogP contribution in [0.5, 0.6) is 0 Å². The predicted octanol–water partition coefficient (Wildman–Crippen LogP) is 0.971. The van der Waals surface area contributed by atoms with E-state index in [-0.39, 0.29) is 13.2 Å². The number of carbonyl (C=O) groups is 2. The van der Waals surface area contributed by atoms with E-state index < -0.39 is 46.0 Å². The van der Waals surface area contributed by atoms with Crippen molar-refractivity contribution in [3.8, 4) is 0 Å². The van der Waals surface area contributed by atoms with Crippen LogP contribution in [-0.2, 0) is 23.8 Å². The van der Waals surface area contributed by atoms with E-state index in [4.69, 9.17) is 14.2 Å². The second kappa shape index (κ2) is 8.76. The maximum atomic E-state index is 13.1. The number of hydroxylamine groups is 3. The molecular weight excluding hydrogens is 394 g/mol. The van der Waals surface area contributed by atoms with E-state index in [1.54, 1.807) is 26.0 Å². The Bertz CT molecular complexity index is 740. The van der Waals surface area contributed by atoms with Gasteiger partial charge in [0.2, 0.25) is 5.60 Å². The summed E-state index contributed by atoms with van der Waals surface area (Å²) in [6.45, 7) is 7.62. The van der Waals surface area contributed by atoms with Crippen molar-refractivity contribution in [1.82, 2.24) is 0 Å². The molecule has 0 amide bonds. The average Bonchev–Trinajstić information content (AvgIpc) is 3.18. The fourth-order valence-corrected chi connectivity index (χ4v) is 4.04. The second-order valence-electron chi connectivity index (χ2n) is 8.57. The van der Waals surface area contributed by atoms with Gasteiger partial charge in [-0.1, -0.05) is 6.08 Å². The molecule has 1 fully saturated rings. The third kappa shape index (κ3) is 4.31. The number of fused-ring (bicyclic) bond motifs is 1. The van der Waals surface area contributed by atoms with Crippen molar-refractivity contribution < 1.29 is 38.7 Å². The predicted molar refractivity (Wildman–Crippen MR) is 108 cm³/mol. The van der Waals surface area contributed by atoms with Crippen molar-refractivity contribution >= 4 is 11.9 Å². The molecule has 2 aliphatic rings. The van der Waals surface area contributed by atoms with Gasteiger partial charge in [0, 0.05) is 24.7 Å². The number of esters is 2. The zero-order valence-corrected chi connectivity index (χ0v) is 18.5. The lowest BCUT2D eigenvalue weighted by Gasteiger charge is -2.41. The van der Waals surface area contributed by atoms with E-state index in [0.717, 1.165) is 0 Å². The van der Waals surface area contributed by atoms with E-state index in [1.165, 1.54) is 27.9 Å². The van der Waals surface area contributed by atoms with Crippen LogP contribution in [0.3, 0.4) is 0 Å². The van der Waals surface area contributed by atoms with Crippen molar-refractivity contribution in [2.75, 3.05) is 26.8 Å². The Hall–Kier alpha value is -1.78. The number of hydrogen-bond acceptors (Lipinski definition) is 8. The molecule has 0 spiro atoms. The molecule has 0 aromatic heterocycles. The van der Waals surface area contributed by atoms with E-state index >= 15 is 0 Å². The molecule has 9 heteroatoms. The molecule has 2 aliphatic heterocycles. The van der Waals surface area contributed by atoms with Gasteiger partial charge in [0.25, 0.3) is 0 Å². The average molecular weight is 427 g/mol. The summed E-state index contributed by atoms with van der Waals surface area (Å²) in [5, 5.41) is 34.3. The summed E-state index contributed by atoms with van der Waals surface area (Å²) in [5.74, 6) is -1.54. The zero-order chi connectivity index (χ0) is 22.9. The molecule has 2 N–H and O–H groups in total. The molecule has 0 aromatic rings. The molecule has 0 saturated carbocycles. The minimum Gasteiger partial charge on any atom is -0.632 e. The fraction of sp³-hybridized carbons (Fsp3) is 0.714. The molecule has 0 aliphatic carbocycles. The van der Waals surface area contributed by atoms with Gasteiger partial charge in [0.05, 0.1) is 19.2 Å². The van der Waals surface area contributed by atoms with Crippen LogP contribution < -0.4 is 0 Å². The molecule has 170 valence electrons. The Morgan fingerprint density at radius 3 is 2.57 bits per heavy atom. The van der Waals surface area contributed by atoms with E-state index in [9.17, 15) is 25.0 Å². The first kappa shape index (κ1) is 24.5. The summed E-state index contributed by atoms with van der Waals surface area (Å²) in [7, 11) is 1.31. The van der Waals surface area contributed by atoms with Crippen LogP contribution in [0.25, 0.3) is 0 Å². The summed E-state index contributed by atoms with van der Waals surface area (Å²) in [6, 6.07) is -0.665. The standard InChI is InChI=1S/C21H33NO8/c1-7-13(2)18(23)30-16-9-11-22(27)10-8-15(17(16)22)12-29-19(24)21(26,14(3)28-6)20(4,5)25/h7-8,14,16-17,25-26H,9-12H2,1-6H3/b13-7-/t14-,16+,17-,21+,22?/m1/s1. The molecule has 30 heavy (non-hydrogen) atoms. The van der Waals surface area contributed by atoms with Gasteiger partial charge < -0.3 is 34.3 Å². The Morgan fingerprint density at radius 2 is 2.03 bits per heavy atom. The lowest BCUT2D eigenvalue weighted by atomic mass is 9.81. The molecule has 0 radical (unpaired) electrons. The highest BCUT2D eigenvalue weighted by Crippen LogP contribution is 2.38. The summed E-state index contributed by atoms with van der Waals surface area (Å²) < 4.78 is 15.4. The van der Waals surface area contributed by atoms with Crippen molar-refractivity contribution in [3.05, 3.63) is 28.5 Å². The molecule has 1 unspecified atom stereocenters. The van der Waals surface area contributed by atoms with Crippen LogP contribution in [0.15, 0.2) is 23.3 Å². The number of ether oxygens (including phenoxy) is 3. The normalized spacial score (nSPS) is 29.6. The van der Waals surface area contributed by atoms with Crippen LogP contribution in [0.4, 0.5) is 0 Å². The Kier molecular flexibility index (Phi) is 7.15. The zero-order valence-electron chi connectivity index (χ0n) is 18.5. The number of allylic oxidation sites excluding steroid dienone is 1. The van der Waals surface area contributed by atoms with Crippen LogP contribution in [0.1, 0.15) is 41.0 Å². The first-order valence-electron chi connectivity index (χ1n) is 10.1. The molecular formula is C21H33NO8. The van der Waals surface area contributed by atoms with Gasteiger partial charge in [-0.15, -0.1) is 0 Å². The van der Waals surface area contributed by atoms with Crippen LogP contribution in [0, 0.1) is 5.21 Å². The lowest BCUT2D eigenvalue weighted by Crippen LogP contribution is -2.63. The van der Waals surface area contributed by atoms with Gasteiger partial charge in [0.15, 0.2) is 12.1 Å². The van der Waals surface area contributed by atoms with Gasteiger partial charge in [0.1, 0.15) is 12.2 Å². The first-order valence-corrected chi connectivity index (χ1v) is 10.1. The number of hydrogen-bond donors (Lipinski definition) is 2. The Morgan fingerprint density at radius 1 is 1.40 bits per heavy atom. The van der Waals surface area contributed by atoms with Gasteiger partial charge in [-0.3, -0.25) is 0 Å². The molecule has 5 atom stereocenters. The van der Waals surface area contributed by atoms with Crippen molar-refractivity contribution in [1.29, 1.82) is 0 Å². The molecule has 1 saturated heterocycles. The van der Waals surface area contributed by atoms with Gasteiger partial charge in [-0.25, -0.2) is 9.59 Å². The van der Waals surface area contributed by atoms with E-state index in [2.05, 4.69) is 0 Å². The van der Waals surface area contributed by atoms with Crippen molar-refractivity contribution in [2.24, 2.45) is 0 Å². The van der Waals surface area contributed by atoms with Gasteiger partial charge in [-0.2, -0.15) is 0 Å². The largest absolute Gasteiger partial charge is 0.632 e. The van der Waals surface area contributed by atoms with Crippen molar-refractivity contribution in [3.63, 3.8) is 0 Å². The topological polar surface area (TPSA) is 125 Å². The number of quaternary nitrogens is 1. The maximum Gasteiger partial charge on any atom is 0.344 e. The molecule has 2 heterocycles. The summed E-state index contributed by atoms with van der Waals surface area (Å²) >= 11 is 0. The quantitative estimate of drug-likeness (QED) is 0.193. The summed E-state index contributed by atoms with van der Waals surface area (Å²) in [6.07, 6.45) is 2.08. The Balaban J connectivity index is 2.14. The highest BCUT2D eigenvalue weighted by molar-refractivity contribution is 5.87. The minimum atomic E-state index is -2.31. The maximum absolute atomic E-state index is 13.1. The first-order chi connectivity index (χ1) is 13.8. The third-order valence-electron chi connectivity index (χ3n) is 6.26. The van der Waals surface area contributed by atoms with Crippen LogP contribution in [0.2, 0.25) is 0 Å². The highest BCUT2D eigenvalue weighted by Gasteiger charge is 2.56. The van der Waals surface area contributed by atoms with Gasteiger partial charge >= 0.3 is 11.9 Å². The van der Waals surface area contributed by atoms with E-state index in [1.807, 2.05) is 0 Å². The smallest absolute Gasteiger partial charge is 0.344 e. The van der Waals surface area contributed by atoms with Gasteiger partial charge in [-0.05, 0) is 40.7 Å². The summed E-state index contributed by atoms with van der Waals surface area (Å²) in [4.78, 5) is 24.9. The molecule has 0 aromatic carbocycles. The van der Waals surface area contributed by atoms with Crippen LogP contribution >= 0.6 is 0 Å². The van der Waals surface area contributed by atoms with E-state index in [0.29, 0.717) is 24.1 Å². The monoisotopic (exact) mass is 427 g/mol.